The third-order valence-corrected chi connectivity index (χ3v) is 2.68. The van der Waals surface area contributed by atoms with Gasteiger partial charge < -0.3 is 16.2 Å². The number of amides is 1. The van der Waals surface area contributed by atoms with Crippen molar-refractivity contribution in [3.05, 3.63) is 52.7 Å². The number of nitrogen functional groups attached to an aromatic ring is 1. The standard InChI is InChI=1S/C13H12ClN3O2/c14-9-3-1-8(2-4-9)7-19-13-10(15)5-6-11(17-13)12(16)18/h1-6H,7,15H2,(H2,16,18). The first kappa shape index (κ1) is 13.2. The van der Waals surface area contributed by atoms with Gasteiger partial charge in [-0.05, 0) is 29.8 Å². The van der Waals surface area contributed by atoms with Gasteiger partial charge in [0.05, 0.1) is 5.69 Å². The molecular weight excluding hydrogens is 266 g/mol. The number of hydrogen-bond donors (Lipinski definition) is 2. The number of carbonyl (C=O) groups is 1. The van der Waals surface area contributed by atoms with E-state index >= 15 is 0 Å². The summed E-state index contributed by atoms with van der Waals surface area (Å²) in [6.45, 7) is 0.274. The number of ether oxygens (including phenoxy) is 1. The summed E-state index contributed by atoms with van der Waals surface area (Å²) in [5.74, 6) is -0.442. The van der Waals surface area contributed by atoms with Crippen molar-refractivity contribution in [1.82, 2.24) is 4.98 Å². The molecule has 1 heterocycles. The lowest BCUT2D eigenvalue weighted by Gasteiger charge is -2.08. The predicted molar refractivity (Wildman–Crippen MR) is 73.0 cm³/mol. The fourth-order valence-corrected chi connectivity index (χ4v) is 1.56. The minimum absolute atomic E-state index is 0.111. The molecule has 0 bridgehead atoms. The Balaban J connectivity index is 2.12. The van der Waals surface area contributed by atoms with Crippen LogP contribution in [0.15, 0.2) is 36.4 Å². The number of primary amides is 1. The molecule has 0 saturated heterocycles. The second kappa shape index (κ2) is 5.58. The number of halogens is 1. The van der Waals surface area contributed by atoms with Crippen LogP contribution in [-0.2, 0) is 6.61 Å². The highest BCUT2D eigenvalue weighted by Crippen LogP contribution is 2.20. The van der Waals surface area contributed by atoms with Crippen LogP contribution in [0.4, 0.5) is 5.69 Å². The monoisotopic (exact) mass is 277 g/mol. The summed E-state index contributed by atoms with van der Waals surface area (Å²) in [5.41, 5.74) is 12.2. The van der Waals surface area contributed by atoms with Gasteiger partial charge in [-0.2, -0.15) is 0 Å². The van der Waals surface area contributed by atoms with E-state index in [0.29, 0.717) is 10.7 Å². The average Bonchev–Trinajstić information content (AvgIpc) is 2.39. The van der Waals surface area contributed by atoms with Gasteiger partial charge in [0.2, 0.25) is 5.88 Å². The molecule has 1 amide bonds. The molecule has 4 N–H and O–H groups in total. The number of benzene rings is 1. The highest BCUT2D eigenvalue weighted by Gasteiger charge is 2.08. The number of nitrogens with zero attached hydrogens (tertiary/aromatic N) is 1. The van der Waals surface area contributed by atoms with Gasteiger partial charge >= 0.3 is 0 Å². The molecular formula is C13H12ClN3O2. The fourth-order valence-electron chi connectivity index (χ4n) is 1.44. The molecule has 0 fully saturated rings. The van der Waals surface area contributed by atoms with E-state index < -0.39 is 5.91 Å². The highest BCUT2D eigenvalue weighted by atomic mass is 35.5. The molecule has 6 heteroatoms. The molecule has 0 atom stereocenters. The van der Waals surface area contributed by atoms with Gasteiger partial charge in [0.15, 0.2) is 0 Å². The first-order chi connectivity index (χ1) is 9.06. The van der Waals surface area contributed by atoms with Gasteiger partial charge in [-0.3, -0.25) is 4.79 Å². The third kappa shape index (κ3) is 3.35. The van der Waals surface area contributed by atoms with E-state index in [9.17, 15) is 4.79 Å². The number of aromatic nitrogens is 1. The molecule has 5 nitrogen and oxygen atoms in total. The summed E-state index contributed by atoms with van der Waals surface area (Å²) in [6, 6.07) is 10.2. The minimum Gasteiger partial charge on any atom is -0.471 e. The quantitative estimate of drug-likeness (QED) is 0.894. The number of anilines is 1. The van der Waals surface area contributed by atoms with Gasteiger partial charge in [0, 0.05) is 5.02 Å². The summed E-state index contributed by atoms with van der Waals surface area (Å²) in [5, 5.41) is 0.650. The second-order valence-corrected chi connectivity index (χ2v) is 4.31. The van der Waals surface area contributed by atoms with Crippen molar-refractivity contribution < 1.29 is 9.53 Å². The first-order valence-electron chi connectivity index (χ1n) is 5.50. The van der Waals surface area contributed by atoms with E-state index in [0.717, 1.165) is 5.56 Å². The molecule has 0 aliphatic rings. The molecule has 0 saturated carbocycles. The molecule has 0 spiro atoms. The van der Waals surface area contributed by atoms with Crippen molar-refractivity contribution in [1.29, 1.82) is 0 Å². The van der Waals surface area contributed by atoms with Gasteiger partial charge in [-0.1, -0.05) is 23.7 Å². The van der Waals surface area contributed by atoms with Crippen molar-refractivity contribution >= 4 is 23.2 Å². The maximum absolute atomic E-state index is 11.0. The van der Waals surface area contributed by atoms with Crippen LogP contribution < -0.4 is 16.2 Å². The Morgan fingerprint density at radius 3 is 2.53 bits per heavy atom. The van der Waals surface area contributed by atoms with Crippen LogP contribution in [0.5, 0.6) is 5.88 Å². The van der Waals surface area contributed by atoms with Crippen LogP contribution in [0.1, 0.15) is 16.1 Å². The Labute approximate surface area is 115 Å². The first-order valence-corrected chi connectivity index (χ1v) is 5.87. The van der Waals surface area contributed by atoms with E-state index in [1.807, 2.05) is 12.1 Å². The van der Waals surface area contributed by atoms with Crippen molar-refractivity contribution in [2.45, 2.75) is 6.61 Å². The Bertz CT molecular complexity index is 599. The lowest BCUT2D eigenvalue weighted by Crippen LogP contribution is -2.14. The van der Waals surface area contributed by atoms with Gasteiger partial charge in [-0.15, -0.1) is 0 Å². The van der Waals surface area contributed by atoms with E-state index in [2.05, 4.69) is 4.98 Å². The van der Waals surface area contributed by atoms with Crippen molar-refractivity contribution in [2.24, 2.45) is 5.73 Å². The van der Waals surface area contributed by atoms with Crippen LogP contribution in [0.25, 0.3) is 0 Å². The Kier molecular flexibility index (Phi) is 3.87. The smallest absolute Gasteiger partial charge is 0.267 e. The maximum Gasteiger partial charge on any atom is 0.267 e. The summed E-state index contributed by atoms with van der Waals surface area (Å²) >= 11 is 5.79. The molecule has 2 aromatic rings. The molecule has 19 heavy (non-hydrogen) atoms. The zero-order chi connectivity index (χ0) is 13.8. The second-order valence-electron chi connectivity index (χ2n) is 3.87. The van der Waals surface area contributed by atoms with E-state index in [1.165, 1.54) is 12.1 Å². The zero-order valence-corrected chi connectivity index (χ0v) is 10.7. The third-order valence-electron chi connectivity index (χ3n) is 2.43. The molecule has 0 radical (unpaired) electrons. The van der Waals surface area contributed by atoms with Gasteiger partial charge in [0.25, 0.3) is 5.91 Å². The molecule has 0 unspecified atom stereocenters. The summed E-state index contributed by atoms with van der Waals surface area (Å²) in [6.07, 6.45) is 0. The largest absolute Gasteiger partial charge is 0.471 e. The number of carbonyl (C=O) groups excluding carboxylic acids is 1. The minimum atomic E-state index is -0.628. The fraction of sp³-hybridized carbons (Fsp3) is 0.0769. The van der Waals surface area contributed by atoms with Crippen LogP contribution in [0.2, 0.25) is 5.02 Å². The van der Waals surface area contributed by atoms with Crippen molar-refractivity contribution in [3.8, 4) is 5.88 Å². The molecule has 98 valence electrons. The lowest BCUT2D eigenvalue weighted by molar-refractivity contribution is 0.0994. The Morgan fingerprint density at radius 2 is 1.89 bits per heavy atom. The highest BCUT2D eigenvalue weighted by molar-refractivity contribution is 6.30. The Morgan fingerprint density at radius 1 is 1.21 bits per heavy atom. The maximum atomic E-state index is 11.0. The zero-order valence-electron chi connectivity index (χ0n) is 9.97. The molecule has 1 aromatic carbocycles. The number of nitrogens with two attached hydrogens (primary N) is 2. The van der Waals surface area contributed by atoms with E-state index in [-0.39, 0.29) is 18.2 Å². The SMILES string of the molecule is NC(=O)c1ccc(N)c(OCc2ccc(Cl)cc2)n1. The molecule has 1 aromatic heterocycles. The number of pyridine rings is 1. The normalized spacial score (nSPS) is 10.2. The molecule has 2 rings (SSSR count). The van der Waals surface area contributed by atoms with Gasteiger partial charge in [-0.25, -0.2) is 4.98 Å². The summed E-state index contributed by atoms with van der Waals surface area (Å²) < 4.78 is 5.47. The molecule has 0 aliphatic carbocycles. The van der Waals surface area contributed by atoms with Crippen LogP contribution in [0, 0.1) is 0 Å². The summed E-state index contributed by atoms with van der Waals surface area (Å²) in [4.78, 5) is 15.0. The van der Waals surface area contributed by atoms with E-state index in [1.54, 1.807) is 12.1 Å². The number of rotatable bonds is 4. The number of hydrogen-bond acceptors (Lipinski definition) is 4. The van der Waals surface area contributed by atoms with Crippen LogP contribution in [-0.4, -0.2) is 10.9 Å². The van der Waals surface area contributed by atoms with Gasteiger partial charge in [0.1, 0.15) is 12.3 Å². The lowest BCUT2D eigenvalue weighted by atomic mass is 10.2. The molecule has 0 aliphatic heterocycles. The predicted octanol–water partition coefficient (Wildman–Crippen LogP) is 2.00. The van der Waals surface area contributed by atoms with E-state index in [4.69, 9.17) is 27.8 Å². The van der Waals surface area contributed by atoms with Crippen molar-refractivity contribution in [3.63, 3.8) is 0 Å². The topological polar surface area (TPSA) is 91.2 Å². The summed E-state index contributed by atoms with van der Waals surface area (Å²) in [7, 11) is 0. The van der Waals surface area contributed by atoms with Crippen LogP contribution >= 0.6 is 11.6 Å². The average molecular weight is 278 g/mol. The Hall–Kier alpha value is -2.27. The van der Waals surface area contributed by atoms with Crippen molar-refractivity contribution in [2.75, 3.05) is 5.73 Å². The van der Waals surface area contributed by atoms with Crippen LogP contribution in [0.3, 0.4) is 0 Å².